The topological polar surface area (TPSA) is 16.1 Å². The SMILES string of the molecule is C1=CN(c2ccncc2)CC1. The molecule has 11 heavy (non-hydrogen) atoms. The first-order chi connectivity index (χ1) is 5.47. The molecule has 2 heterocycles. The van der Waals surface area contributed by atoms with E-state index in [-0.39, 0.29) is 0 Å². The van der Waals surface area contributed by atoms with E-state index in [9.17, 15) is 0 Å². The zero-order chi connectivity index (χ0) is 7.52. The van der Waals surface area contributed by atoms with Crippen LogP contribution in [0.5, 0.6) is 0 Å². The average molecular weight is 146 g/mol. The van der Waals surface area contributed by atoms with E-state index in [0.29, 0.717) is 0 Å². The van der Waals surface area contributed by atoms with Gasteiger partial charge in [0.05, 0.1) is 0 Å². The molecular weight excluding hydrogens is 136 g/mol. The summed E-state index contributed by atoms with van der Waals surface area (Å²) in [5, 5.41) is 0. The minimum Gasteiger partial charge on any atom is -0.348 e. The molecule has 0 saturated carbocycles. The molecule has 1 aromatic heterocycles. The van der Waals surface area contributed by atoms with E-state index in [4.69, 9.17) is 0 Å². The predicted octanol–water partition coefficient (Wildman–Crippen LogP) is 1.81. The summed E-state index contributed by atoms with van der Waals surface area (Å²) in [6.07, 6.45) is 9.10. The third kappa shape index (κ3) is 1.24. The van der Waals surface area contributed by atoms with Crippen LogP contribution in [0.4, 0.5) is 5.69 Å². The molecule has 2 nitrogen and oxygen atoms in total. The first-order valence-corrected chi connectivity index (χ1v) is 3.80. The molecular formula is C9H10N2. The van der Waals surface area contributed by atoms with Crippen LogP contribution in [0.25, 0.3) is 0 Å². The minimum atomic E-state index is 1.10. The lowest BCUT2D eigenvalue weighted by Crippen LogP contribution is -2.11. The number of hydrogen-bond donors (Lipinski definition) is 0. The molecule has 0 fully saturated rings. The lowest BCUT2D eigenvalue weighted by atomic mass is 10.4. The molecule has 56 valence electrons. The van der Waals surface area contributed by atoms with Gasteiger partial charge in [0, 0.05) is 30.8 Å². The third-order valence-corrected chi connectivity index (χ3v) is 1.82. The molecule has 0 atom stereocenters. The van der Waals surface area contributed by atoms with Crippen LogP contribution in [0.15, 0.2) is 36.8 Å². The van der Waals surface area contributed by atoms with Crippen LogP contribution in [0.1, 0.15) is 6.42 Å². The highest BCUT2D eigenvalue weighted by Gasteiger charge is 2.04. The lowest BCUT2D eigenvalue weighted by Gasteiger charge is -2.14. The molecule has 0 amide bonds. The Morgan fingerprint density at radius 3 is 2.73 bits per heavy atom. The summed E-state index contributed by atoms with van der Waals surface area (Å²) in [4.78, 5) is 6.19. The first kappa shape index (κ1) is 6.40. The smallest absolute Gasteiger partial charge is 0.0436 e. The highest BCUT2D eigenvalue weighted by atomic mass is 15.1. The van der Waals surface area contributed by atoms with E-state index >= 15 is 0 Å². The Kier molecular flexibility index (Phi) is 1.60. The summed E-state index contributed by atoms with van der Waals surface area (Å²) >= 11 is 0. The summed E-state index contributed by atoms with van der Waals surface area (Å²) in [6.45, 7) is 1.10. The Labute approximate surface area is 66.2 Å². The normalized spacial score (nSPS) is 15.8. The molecule has 0 bridgehead atoms. The maximum Gasteiger partial charge on any atom is 0.0436 e. The van der Waals surface area contributed by atoms with Crippen LogP contribution in [0, 0.1) is 0 Å². The minimum absolute atomic E-state index is 1.10. The van der Waals surface area contributed by atoms with Crippen LogP contribution < -0.4 is 4.90 Å². The molecule has 0 unspecified atom stereocenters. The summed E-state index contributed by atoms with van der Waals surface area (Å²) in [7, 11) is 0. The highest BCUT2D eigenvalue weighted by Crippen LogP contribution is 2.16. The van der Waals surface area contributed by atoms with E-state index < -0.39 is 0 Å². The number of rotatable bonds is 1. The van der Waals surface area contributed by atoms with Crippen molar-refractivity contribution in [2.75, 3.05) is 11.4 Å². The zero-order valence-corrected chi connectivity index (χ0v) is 6.27. The van der Waals surface area contributed by atoms with Crippen molar-refractivity contribution in [3.63, 3.8) is 0 Å². The fourth-order valence-electron chi connectivity index (χ4n) is 1.24. The average Bonchev–Trinajstić information content (AvgIpc) is 2.58. The van der Waals surface area contributed by atoms with Crippen molar-refractivity contribution in [1.82, 2.24) is 4.98 Å². The van der Waals surface area contributed by atoms with Gasteiger partial charge in [-0.25, -0.2) is 0 Å². The molecule has 1 aliphatic heterocycles. The Balaban J connectivity index is 2.23. The van der Waals surface area contributed by atoms with Gasteiger partial charge in [-0.3, -0.25) is 4.98 Å². The number of anilines is 1. The van der Waals surface area contributed by atoms with Crippen molar-refractivity contribution in [1.29, 1.82) is 0 Å². The fourth-order valence-corrected chi connectivity index (χ4v) is 1.24. The van der Waals surface area contributed by atoms with Crippen molar-refractivity contribution in [2.24, 2.45) is 0 Å². The molecule has 0 N–H and O–H groups in total. The summed E-state index contributed by atoms with van der Waals surface area (Å²) in [5.41, 5.74) is 1.23. The van der Waals surface area contributed by atoms with E-state index in [1.165, 1.54) is 5.69 Å². The molecule has 0 radical (unpaired) electrons. The predicted molar refractivity (Wildman–Crippen MR) is 45.3 cm³/mol. The zero-order valence-electron chi connectivity index (χ0n) is 6.27. The maximum atomic E-state index is 3.97. The van der Waals surface area contributed by atoms with Gasteiger partial charge >= 0.3 is 0 Å². The monoisotopic (exact) mass is 146 g/mol. The number of pyridine rings is 1. The van der Waals surface area contributed by atoms with Crippen molar-refractivity contribution in [3.8, 4) is 0 Å². The standard InChI is InChI=1S/C9H10N2/c1-2-8-11(7-1)9-3-5-10-6-4-9/h1,3-7H,2,8H2. The second-order valence-corrected chi connectivity index (χ2v) is 2.57. The summed E-state index contributed by atoms with van der Waals surface area (Å²) in [6, 6.07) is 4.05. The number of hydrogen-bond acceptors (Lipinski definition) is 2. The molecule has 2 heteroatoms. The van der Waals surface area contributed by atoms with Gasteiger partial charge in [0.15, 0.2) is 0 Å². The molecule has 1 aromatic rings. The summed E-state index contributed by atoms with van der Waals surface area (Å²) in [5.74, 6) is 0. The van der Waals surface area contributed by atoms with Gasteiger partial charge in [-0.1, -0.05) is 6.08 Å². The highest BCUT2D eigenvalue weighted by molar-refractivity contribution is 5.48. The molecule has 0 saturated heterocycles. The second-order valence-electron chi connectivity index (χ2n) is 2.57. The Morgan fingerprint density at radius 2 is 2.09 bits per heavy atom. The molecule has 0 aromatic carbocycles. The van der Waals surface area contributed by atoms with Crippen LogP contribution in [0.2, 0.25) is 0 Å². The van der Waals surface area contributed by atoms with Gasteiger partial charge in [-0.05, 0) is 18.6 Å². The van der Waals surface area contributed by atoms with Gasteiger partial charge in [0.25, 0.3) is 0 Å². The maximum absolute atomic E-state index is 3.97. The van der Waals surface area contributed by atoms with Crippen LogP contribution in [0.3, 0.4) is 0 Å². The van der Waals surface area contributed by atoms with Gasteiger partial charge < -0.3 is 4.90 Å². The van der Waals surface area contributed by atoms with Crippen LogP contribution in [-0.4, -0.2) is 11.5 Å². The van der Waals surface area contributed by atoms with E-state index in [0.717, 1.165) is 13.0 Å². The van der Waals surface area contributed by atoms with Gasteiger partial charge in [0.1, 0.15) is 0 Å². The Morgan fingerprint density at radius 1 is 1.27 bits per heavy atom. The molecule has 0 spiro atoms. The van der Waals surface area contributed by atoms with Gasteiger partial charge in [0.2, 0.25) is 0 Å². The van der Waals surface area contributed by atoms with Crippen molar-refractivity contribution >= 4 is 5.69 Å². The van der Waals surface area contributed by atoms with Crippen molar-refractivity contribution < 1.29 is 0 Å². The van der Waals surface area contributed by atoms with Gasteiger partial charge in [-0.2, -0.15) is 0 Å². The largest absolute Gasteiger partial charge is 0.348 e. The Hall–Kier alpha value is -1.31. The van der Waals surface area contributed by atoms with E-state index in [1.807, 2.05) is 24.5 Å². The Bertz CT molecular complexity index is 254. The van der Waals surface area contributed by atoms with Crippen molar-refractivity contribution in [3.05, 3.63) is 36.8 Å². The third-order valence-electron chi connectivity index (χ3n) is 1.82. The van der Waals surface area contributed by atoms with E-state index in [2.05, 4.69) is 22.2 Å². The first-order valence-electron chi connectivity index (χ1n) is 3.80. The quantitative estimate of drug-likeness (QED) is 0.600. The van der Waals surface area contributed by atoms with Gasteiger partial charge in [-0.15, -0.1) is 0 Å². The van der Waals surface area contributed by atoms with E-state index in [1.54, 1.807) is 0 Å². The summed E-state index contributed by atoms with van der Waals surface area (Å²) < 4.78 is 0. The number of nitrogens with zero attached hydrogens (tertiary/aromatic N) is 2. The van der Waals surface area contributed by atoms with Crippen LogP contribution in [-0.2, 0) is 0 Å². The lowest BCUT2D eigenvalue weighted by molar-refractivity contribution is 0.996. The van der Waals surface area contributed by atoms with Crippen LogP contribution >= 0.6 is 0 Å². The fraction of sp³-hybridized carbons (Fsp3) is 0.222. The molecule has 0 aliphatic carbocycles. The number of aromatic nitrogens is 1. The second kappa shape index (κ2) is 2.74. The van der Waals surface area contributed by atoms with Crippen molar-refractivity contribution in [2.45, 2.75) is 6.42 Å². The molecule has 2 rings (SSSR count). The molecule has 1 aliphatic rings.